The lowest BCUT2D eigenvalue weighted by Gasteiger charge is -2.10. The van der Waals surface area contributed by atoms with Gasteiger partial charge in [-0.15, -0.1) is 11.6 Å². The predicted octanol–water partition coefficient (Wildman–Crippen LogP) is 2.80. The summed E-state index contributed by atoms with van der Waals surface area (Å²) in [5.41, 5.74) is -0.831. The maximum Gasteiger partial charge on any atom is 0.416 e. The fourth-order valence-corrected chi connectivity index (χ4v) is 1.20. The Morgan fingerprint density at radius 3 is 2.56 bits per heavy atom. The van der Waals surface area contributed by atoms with Gasteiger partial charge in [0.25, 0.3) is 0 Å². The molecule has 16 heavy (non-hydrogen) atoms. The second-order valence-electron chi connectivity index (χ2n) is 3.04. The molecule has 1 rings (SSSR count). The summed E-state index contributed by atoms with van der Waals surface area (Å²) in [6.07, 6.45) is -4.49. The summed E-state index contributed by atoms with van der Waals surface area (Å²) in [5.74, 6) is -0.804. The summed E-state index contributed by atoms with van der Waals surface area (Å²) in [7, 11) is 0. The SMILES string of the molecule is CC(=O)Nc1cc(C(F)(F)F)cc(CCl)n1. The fraction of sp³-hybridized carbons (Fsp3) is 0.333. The second kappa shape index (κ2) is 4.69. The zero-order valence-electron chi connectivity index (χ0n) is 8.23. The Balaban J connectivity index is 3.16. The third-order valence-corrected chi connectivity index (χ3v) is 1.92. The number of rotatable bonds is 2. The van der Waals surface area contributed by atoms with Crippen molar-refractivity contribution in [2.24, 2.45) is 0 Å². The van der Waals surface area contributed by atoms with Crippen LogP contribution < -0.4 is 5.32 Å². The molecule has 0 unspecified atom stereocenters. The molecule has 0 aliphatic carbocycles. The minimum Gasteiger partial charge on any atom is -0.311 e. The lowest BCUT2D eigenvalue weighted by molar-refractivity contribution is -0.137. The Morgan fingerprint density at radius 1 is 1.50 bits per heavy atom. The Kier molecular flexibility index (Phi) is 3.74. The first kappa shape index (κ1) is 12.8. The van der Waals surface area contributed by atoms with E-state index in [-0.39, 0.29) is 17.4 Å². The second-order valence-corrected chi connectivity index (χ2v) is 3.31. The van der Waals surface area contributed by atoms with E-state index in [0.717, 1.165) is 12.1 Å². The average Bonchev–Trinajstić information content (AvgIpc) is 2.14. The molecule has 1 amide bonds. The number of hydrogen-bond donors (Lipinski definition) is 1. The van der Waals surface area contributed by atoms with Crippen LogP contribution in [0.2, 0.25) is 0 Å². The number of aromatic nitrogens is 1. The lowest BCUT2D eigenvalue weighted by Crippen LogP contribution is -2.12. The van der Waals surface area contributed by atoms with Crippen LogP contribution >= 0.6 is 11.6 Å². The highest BCUT2D eigenvalue weighted by Crippen LogP contribution is 2.31. The van der Waals surface area contributed by atoms with Gasteiger partial charge in [0.05, 0.1) is 17.1 Å². The Bertz CT molecular complexity index is 406. The zero-order chi connectivity index (χ0) is 12.3. The minimum atomic E-state index is -4.49. The van der Waals surface area contributed by atoms with Gasteiger partial charge >= 0.3 is 6.18 Å². The van der Waals surface area contributed by atoms with Gasteiger partial charge in [-0.05, 0) is 12.1 Å². The quantitative estimate of drug-likeness (QED) is 0.823. The highest BCUT2D eigenvalue weighted by atomic mass is 35.5. The maximum atomic E-state index is 12.4. The van der Waals surface area contributed by atoms with Crippen molar-refractivity contribution in [3.63, 3.8) is 0 Å². The van der Waals surface area contributed by atoms with E-state index in [1.807, 2.05) is 0 Å². The summed E-state index contributed by atoms with van der Waals surface area (Å²) in [5, 5.41) is 2.18. The normalized spacial score (nSPS) is 11.3. The van der Waals surface area contributed by atoms with Gasteiger partial charge in [-0.1, -0.05) is 0 Å². The highest BCUT2D eigenvalue weighted by Gasteiger charge is 2.31. The summed E-state index contributed by atoms with van der Waals surface area (Å²) in [6.45, 7) is 1.18. The van der Waals surface area contributed by atoms with Gasteiger partial charge in [-0.3, -0.25) is 4.79 Å². The first-order valence-electron chi connectivity index (χ1n) is 4.24. The number of nitrogens with zero attached hydrogens (tertiary/aromatic N) is 1. The molecule has 88 valence electrons. The summed E-state index contributed by atoms with van der Waals surface area (Å²) in [4.78, 5) is 14.5. The number of hydrogen-bond acceptors (Lipinski definition) is 2. The van der Waals surface area contributed by atoms with Crippen LogP contribution in [0.4, 0.5) is 19.0 Å². The lowest BCUT2D eigenvalue weighted by atomic mass is 10.2. The summed E-state index contributed by atoms with van der Waals surface area (Å²) >= 11 is 5.41. The van der Waals surface area contributed by atoms with E-state index in [2.05, 4.69) is 10.3 Å². The molecular formula is C9H8ClF3N2O. The molecule has 0 bridgehead atoms. The van der Waals surface area contributed by atoms with Crippen molar-refractivity contribution in [1.29, 1.82) is 0 Å². The van der Waals surface area contributed by atoms with Crippen LogP contribution in [0.1, 0.15) is 18.2 Å². The smallest absolute Gasteiger partial charge is 0.311 e. The van der Waals surface area contributed by atoms with Crippen molar-refractivity contribution in [1.82, 2.24) is 4.98 Å². The van der Waals surface area contributed by atoms with E-state index in [4.69, 9.17) is 11.6 Å². The van der Waals surface area contributed by atoms with Crippen LogP contribution in [-0.2, 0) is 16.9 Å². The van der Waals surface area contributed by atoms with Gasteiger partial charge in [-0.25, -0.2) is 4.98 Å². The average molecular weight is 253 g/mol. The standard InChI is InChI=1S/C9H8ClF3N2O/c1-5(16)14-8-3-6(9(11,12)13)2-7(4-10)15-8/h2-3H,4H2,1H3,(H,14,15,16). The molecule has 1 aromatic rings. The van der Waals surface area contributed by atoms with Crippen molar-refractivity contribution < 1.29 is 18.0 Å². The van der Waals surface area contributed by atoms with Crippen LogP contribution in [0.3, 0.4) is 0 Å². The molecule has 0 aliphatic heterocycles. The van der Waals surface area contributed by atoms with E-state index < -0.39 is 17.6 Å². The number of alkyl halides is 4. The molecule has 3 nitrogen and oxygen atoms in total. The van der Waals surface area contributed by atoms with Crippen molar-refractivity contribution in [2.75, 3.05) is 5.32 Å². The monoisotopic (exact) mass is 252 g/mol. The Labute approximate surface area is 94.6 Å². The number of carbonyl (C=O) groups excluding carboxylic acids is 1. The first-order chi connectivity index (χ1) is 7.32. The van der Waals surface area contributed by atoms with Crippen LogP contribution in [0.5, 0.6) is 0 Å². The molecule has 0 saturated heterocycles. The molecule has 1 N–H and O–H groups in total. The van der Waals surface area contributed by atoms with E-state index in [1.54, 1.807) is 0 Å². The Morgan fingerprint density at radius 2 is 2.12 bits per heavy atom. The van der Waals surface area contributed by atoms with Crippen molar-refractivity contribution in [2.45, 2.75) is 19.0 Å². The number of nitrogens with one attached hydrogen (secondary N) is 1. The van der Waals surface area contributed by atoms with Gasteiger partial charge in [0.2, 0.25) is 5.91 Å². The predicted molar refractivity (Wildman–Crippen MR) is 53.1 cm³/mol. The van der Waals surface area contributed by atoms with Crippen LogP contribution in [0.15, 0.2) is 12.1 Å². The molecule has 0 radical (unpaired) electrons. The minimum absolute atomic E-state index is 0.0558. The number of anilines is 1. The van der Waals surface area contributed by atoms with Crippen LogP contribution in [0, 0.1) is 0 Å². The topological polar surface area (TPSA) is 42.0 Å². The van der Waals surface area contributed by atoms with Gasteiger partial charge in [-0.2, -0.15) is 13.2 Å². The van der Waals surface area contributed by atoms with E-state index >= 15 is 0 Å². The van der Waals surface area contributed by atoms with E-state index in [1.165, 1.54) is 6.92 Å². The van der Waals surface area contributed by atoms with Gasteiger partial charge < -0.3 is 5.32 Å². The fourth-order valence-electron chi connectivity index (χ4n) is 1.06. The van der Waals surface area contributed by atoms with Crippen molar-refractivity contribution >= 4 is 23.3 Å². The molecule has 0 saturated carbocycles. The van der Waals surface area contributed by atoms with Gasteiger partial charge in [0.15, 0.2) is 0 Å². The maximum absolute atomic E-state index is 12.4. The summed E-state index contributed by atoms with van der Waals surface area (Å²) < 4.78 is 37.3. The third-order valence-electron chi connectivity index (χ3n) is 1.65. The van der Waals surface area contributed by atoms with E-state index in [0.29, 0.717) is 0 Å². The molecule has 1 aromatic heterocycles. The number of carbonyl (C=O) groups is 1. The largest absolute Gasteiger partial charge is 0.416 e. The number of halogens is 4. The molecule has 0 atom stereocenters. The molecule has 0 aromatic carbocycles. The van der Waals surface area contributed by atoms with Crippen molar-refractivity contribution in [3.05, 3.63) is 23.4 Å². The van der Waals surface area contributed by atoms with E-state index in [9.17, 15) is 18.0 Å². The molecule has 7 heteroatoms. The first-order valence-corrected chi connectivity index (χ1v) is 4.78. The molecule has 0 spiro atoms. The summed E-state index contributed by atoms with van der Waals surface area (Å²) in [6, 6.07) is 1.61. The third kappa shape index (κ3) is 3.37. The van der Waals surface area contributed by atoms with Gasteiger partial charge in [0.1, 0.15) is 5.82 Å². The number of pyridine rings is 1. The Hall–Kier alpha value is -1.30. The molecule has 0 aliphatic rings. The van der Waals surface area contributed by atoms with Crippen LogP contribution in [-0.4, -0.2) is 10.9 Å². The molecule has 0 fully saturated rings. The number of amides is 1. The molecule has 1 heterocycles. The van der Waals surface area contributed by atoms with Crippen molar-refractivity contribution in [3.8, 4) is 0 Å². The zero-order valence-corrected chi connectivity index (χ0v) is 8.99. The highest BCUT2D eigenvalue weighted by molar-refractivity contribution is 6.16. The molecular weight excluding hydrogens is 245 g/mol. The van der Waals surface area contributed by atoms with Crippen LogP contribution in [0.25, 0.3) is 0 Å². The van der Waals surface area contributed by atoms with Gasteiger partial charge in [0, 0.05) is 6.92 Å².